The van der Waals surface area contributed by atoms with Gasteiger partial charge in [0.1, 0.15) is 11.9 Å². The summed E-state index contributed by atoms with van der Waals surface area (Å²) in [7, 11) is 1.60. The van der Waals surface area contributed by atoms with E-state index in [0.717, 1.165) is 5.69 Å². The highest BCUT2D eigenvalue weighted by atomic mass is 127. The molecule has 6 heteroatoms. The zero-order valence-corrected chi connectivity index (χ0v) is 11.5. The number of anilines is 1. The van der Waals surface area contributed by atoms with E-state index >= 15 is 0 Å². The maximum atomic E-state index is 11.5. The molecular formula is C11H13IN2O3. The average Bonchev–Trinajstić information content (AvgIpc) is 2.32. The van der Waals surface area contributed by atoms with Gasteiger partial charge in [0.2, 0.25) is 0 Å². The minimum absolute atomic E-state index is 0.0819. The molecule has 0 spiro atoms. The van der Waals surface area contributed by atoms with Gasteiger partial charge in [-0.3, -0.25) is 4.79 Å². The monoisotopic (exact) mass is 348 g/mol. The van der Waals surface area contributed by atoms with E-state index in [1.807, 2.05) is 28.9 Å². The summed E-state index contributed by atoms with van der Waals surface area (Å²) in [5.74, 6) is 0.550. The molecule has 1 saturated heterocycles. The van der Waals surface area contributed by atoms with Crippen LogP contribution in [0.25, 0.3) is 0 Å². The zero-order valence-electron chi connectivity index (χ0n) is 9.33. The summed E-state index contributed by atoms with van der Waals surface area (Å²) < 4.78 is 13.8. The molecule has 0 aromatic heterocycles. The Balaban J connectivity index is 2.22. The normalized spacial score (nSPS) is 14.9. The standard InChI is InChI=1S/C11H13IN2O3/c1-13-11(15)7-2-3-9(14-12)10(4-7)17-8-5-16-6-8/h2-4,8,14H,5-6H2,1H3,(H,13,15). The van der Waals surface area contributed by atoms with Gasteiger partial charge >= 0.3 is 0 Å². The van der Waals surface area contributed by atoms with Crippen molar-refractivity contribution in [2.75, 3.05) is 23.8 Å². The Bertz CT molecular complexity index is 421. The third-order valence-corrected chi connectivity index (χ3v) is 3.05. The predicted octanol–water partition coefficient (Wildman–Crippen LogP) is 1.59. The molecule has 92 valence electrons. The summed E-state index contributed by atoms with van der Waals surface area (Å²) in [5.41, 5.74) is 1.43. The molecule has 1 aromatic rings. The van der Waals surface area contributed by atoms with Crippen LogP contribution in [0.1, 0.15) is 10.4 Å². The average molecular weight is 348 g/mol. The van der Waals surface area contributed by atoms with Gasteiger partial charge in [-0.2, -0.15) is 0 Å². The molecular weight excluding hydrogens is 335 g/mol. The Hall–Kier alpha value is -1.02. The number of ether oxygens (including phenoxy) is 2. The Morgan fingerprint density at radius 3 is 2.82 bits per heavy atom. The first-order chi connectivity index (χ1) is 8.24. The van der Waals surface area contributed by atoms with E-state index in [1.54, 1.807) is 19.2 Å². The van der Waals surface area contributed by atoms with Crippen molar-refractivity contribution in [1.82, 2.24) is 5.32 Å². The summed E-state index contributed by atoms with van der Waals surface area (Å²) in [6, 6.07) is 5.31. The van der Waals surface area contributed by atoms with Gasteiger partial charge in [-0.05, 0) is 18.2 Å². The lowest BCUT2D eigenvalue weighted by Crippen LogP contribution is -2.38. The highest BCUT2D eigenvalue weighted by molar-refractivity contribution is 14.1. The molecule has 1 heterocycles. The lowest BCUT2D eigenvalue weighted by atomic mass is 10.1. The van der Waals surface area contributed by atoms with Crippen LogP contribution < -0.4 is 13.6 Å². The van der Waals surface area contributed by atoms with E-state index in [0.29, 0.717) is 24.5 Å². The van der Waals surface area contributed by atoms with Gasteiger partial charge in [-0.15, -0.1) is 0 Å². The first-order valence-electron chi connectivity index (χ1n) is 5.21. The second-order valence-electron chi connectivity index (χ2n) is 3.66. The highest BCUT2D eigenvalue weighted by Crippen LogP contribution is 2.29. The number of hydrogen-bond donors (Lipinski definition) is 2. The summed E-state index contributed by atoms with van der Waals surface area (Å²) in [5, 5.41) is 2.59. The van der Waals surface area contributed by atoms with Crippen molar-refractivity contribution < 1.29 is 14.3 Å². The smallest absolute Gasteiger partial charge is 0.251 e. The van der Waals surface area contributed by atoms with Crippen molar-refractivity contribution in [1.29, 1.82) is 0 Å². The molecule has 0 unspecified atom stereocenters. The summed E-state index contributed by atoms with van der Waals surface area (Å²) in [4.78, 5) is 11.5. The number of amides is 1. The van der Waals surface area contributed by atoms with Crippen LogP contribution in [-0.2, 0) is 4.74 Å². The SMILES string of the molecule is CNC(=O)c1ccc(NI)c(OC2COC2)c1. The van der Waals surface area contributed by atoms with Crippen LogP contribution in [0.15, 0.2) is 18.2 Å². The fourth-order valence-corrected chi connectivity index (χ4v) is 1.89. The number of benzene rings is 1. The maximum absolute atomic E-state index is 11.5. The third kappa shape index (κ3) is 2.81. The Morgan fingerprint density at radius 2 is 2.29 bits per heavy atom. The quantitative estimate of drug-likeness (QED) is 0.641. The molecule has 1 aliphatic heterocycles. The minimum atomic E-state index is -0.125. The fraction of sp³-hybridized carbons (Fsp3) is 0.364. The van der Waals surface area contributed by atoms with Gasteiger partial charge in [0.15, 0.2) is 0 Å². The molecule has 1 aliphatic rings. The van der Waals surface area contributed by atoms with Crippen molar-refractivity contribution in [2.45, 2.75) is 6.10 Å². The zero-order chi connectivity index (χ0) is 12.3. The van der Waals surface area contributed by atoms with Gasteiger partial charge in [0.05, 0.1) is 41.8 Å². The molecule has 0 bridgehead atoms. The van der Waals surface area contributed by atoms with E-state index in [1.165, 1.54) is 0 Å². The van der Waals surface area contributed by atoms with Gasteiger partial charge in [0.25, 0.3) is 5.91 Å². The highest BCUT2D eigenvalue weighted by Gasteiger charge is 2.21. The predicted molar refractivity (Wildman–Crippen MR) is 72.7 cm³/mol. The Morgan fingerprint density at radius 1 is 1.53 bits per heavy atom. The van der Waals surface area contributed by atoms with Crippen molar-refractivity contribution in [3.05, 3.63) is 23.8 Å². The molecule has 2 N–H and O–H groups in total. The van der Waals surface area contributed by atoms with Crippen molar-refractivity contribution in [2.24, 2.45) is 0 Å². The van der Waals surface area contributed by atoms with Gasteiger partial charge < -0.3 is 18.3 Å². The molecule has 0 radical (unpaired) electrons. The van der Waals surface area contributed by atoms with Crippen LogP contribution in [0.3, 0.4) is 0 Å². The van der Waals surface area contributed by atoms with Crippen LogP contribution in [0.4, 0.5) is 5.69 Å². The van der Waals surface area contributed by atoms with Crippen molar-refractivity contribution in [3.63, 3.8) is 0 Å². The first-order valence-corrected chi connectivity index (χ1v) is 6.29. The van der Waals surface area contributed by atoms with Crippen LogP contribution in [0, 0.1) is 0 Å². The second kappa shape index (κ2) is 5.54. The molecule has 5 nitrogen and oxygen atoms in total. The number of rotatable bonds is 4. The third-order valence-electron chi connectivity index (χ3n) is 2.47. The number of nitrogens with one attached hydrogen (secondary N) is 2. The first kappa shape index (κ1) is 12.4. The van der Waals surface area contributed by atoms with E-state index < -0.39 is 0 Å². The second-order valence-corrected chi connectivity index (χ2v) is 4.20. The largest absolute Gasteiger partial charge is 0.483 e. The maximum Gasteiger partial charge on any atom is 0.251 e. The Labute approximate surface area is 113 Å². The molecule has 0 aliphatic carbocycles. The summed E-state index contributed by atoms with van der Waals surface area (Å²) in [6.07, 6.45) is 0.0819. The van der Waals surface area contributed by atoms with Crippen molar-refractivity contribution >= 4 is 34.5 Å². The van der Waals surface area contributed by atoms with Crippen molar-refractivity contribution in [3.8, 4) is 5.75 Å². The Kier molecular flexibility index (Phi) is 4.06. The number of hydrogen-bond acceptors (Lipinski definition) is 4. The van der Waals surface area contributed by atoms with Gasteiger partial charge in [-0.1, -0.05) is 0 Å². The van der Waals surface area contributed by atoms with E-state index in [-0.39, 0.29) is 12.0 Å². The molecule has 2 rings (SSSR count). The van der Waals surface area contributed by atoms with Gasteiger partial charge in [-0.25, -0.2) is 0 Å². The van der Waals surface area contributed by atoms with E-state index in [2.05, 4.69) is 8.85 Å². The molecule has 1 fully saturated rings. The number of carbonyl (C=O) groups is 1. The number of halogens is 1. The van der Waals surface area contributed by atoms with Crippen LogP contribution in [0.5, 0.6) is 5.75 Å². The van der Waals surface area contributed by atoms with E-state index in [4.69, 9.17) is 9.47 Å². The summed E-state index contributed by atoms with van der Waals surface area (Å²) in [6.45, 7) is 1.20. The fourth-order valence-electron chi connectivity index (χ4n) is 1.45. The van der Waals surface area contributed by atoms with Gasteiger partial charge in [0, 0.05) is 12.6 Å². The molecule has 1 aromatic carbocycles. The van der Waals surface area contributed by atoms with Crippen LogP contribution in [0.2, 0.25) is 0 Å². The lowest BCUT2D eigenvalue weighted by molar-refractivity contribution is -0.0793. The number of carbonyl (C=O) groups excluding carboxylic acids is 1. The minimum Gasteiger partial charge on any atom is -0.483 e. The molecule has 17 heavy (non-hydrogen) atoms. The van der Waals surface area contributed by atoms with Crippen LogP contribution in [-0.4, -0.2) is 32.3 Å². The molecule has 0 saturated carbocycles. The lowest BCUT2D eigenvalue weighted by Gasteiger charge is -2.27. The van der Waals surface area contributed by atoms with Crippen LogP contribution >= 0.6 is 22.9 Å². The topological polar surface area (TPSA) is 59.6 Å². The summed E-state index contributed by atoms with van der Waals surface area (Å²) >= 11 is 2.03. The molecule has 0 atom stereocenters. The molecule has 1 amide bonds. The van der Waals surface area contributed by atoms with E-state index in [9.17, 15) is 4.79 Å².